The Labute approximate surface area is 188 Å². The van der Waals surface area contributed by atoms with E-state index in [4.69, 9.17) is 4.98 Å². The number of hydrogen-bond acceptors (Lipinski definition) is 6. The van der Waals surface area contributed by atoms with Gasteiger partial charge in [0.1, 0.15) is 0 Å². The number of benzene rings is 1. The standard InChI is InChI=1S/C25H28N6O/c32-24(20-6-12-26-13-7-20)30-15-9-21(10-16-30)28-22-11-17-31(18-22)25-27-14-8-23(29-25)19-4-2-1-3-5-19/h1-8,12-14,21-22,28H,9-11,15-18H2. The van der Waals surface area contributed by atoms with Crippen molar-refractivity contribution in [2.75, 3.05) is 31.1 Å². The van der Waals surface area contributed by atoms with E-state index in [0.717, 1.165) is 68.2 Å². The van der Waals surface area contributed by atoms with Crippen molar-refractivity contribution in [3.63, 3.8) is 0 Å². The van der Waals surface area contributed by atoms with E-state index in [1.165, 1.54) is 0 Å². The summed E-state index contributed by atoms with van der Waals surface area (Å²) in [4.78, 5) is 30.2. The molecule has 32 heavy (non-hydrogen) atoms. The monoisotopic (exact) mass is 428 g/mol. The van der Waals surface area contributed by atoms with E-state index in [2.05, 4.69) is 32.3 Å². The van der Waals surface area contributed by atoms with Gasteiger partial charge in [-0.2, -0.15) is 0 Å². The van der Waals surface area contributed by atoms with Crippen molar-refractivity contribution in [2.45, 2.75) is 31.3 Å². The number of nitrogens with zero attached hydrogens (tertiary/aromatic N) is 5. The highest BCUT2D eigenvalue weighted by atomic mass is 16.2. The zero-order valence-corrected chi connectivity index (χ0v) is 18.1. The molecule has 1 aromatic carbocycles. The normalized spacial score (nSPS) is 19.3. The summed E-state index contributed by atoms with van der Waals surface area (Å²) in [6.07, 6.45) is 8.23. The molecule has 0 saturated carbocycles. The summed E-state index contributed by atoms with van der Waals surface area (Å²) < 4.78 is 0. The first-order valence-electron chi connectivity index (χ1n) is 11.3. The Morgan fingerprint density at radius 1 is 0.875 bits per heavy atom. The van der Waals surface area contributed by atoms with Crippen molar-refractivity contribution in [3.05, 3.63) is 72.7 Å². The van der Waals surface area contributed by atoms with Gasteiger partial charge in [0.05, 0.1) is 5.69 Å². The van der Waals surface area contributed by atoms with Crippen molar-refractivity contribution in [1.29, 1.82) is 0 Å². The SMILES string of the molecule is O=C(c1ccncc1)N1CCC(NC2CCN(c3nccc(-c4ccccc4)n3)C2)CC1. The molecule has 7 nitrogen and oxygen atoms in total. The van der Waals surface area contributed by atoms with E-state index in [1.807, 2.05) is 35.4 Å². The predicted molar refractivity (Wildman–Crippen MR) is 124 cm³/mol. The molecule has 7 heteroatoms. The number of anilines is 1. The maximum Gasteiger partial charge on any atom is 0.253 e. The average Bonchev–Trinajstić information content (AvgIpc) is 3.34. The highest BCUT2D eigenvalue weighted by Crippen LogP contribution is 2.22. The number of likely N-dealkylation sites (tertiary alicyclic amines) is 1. The molecule has 1 N–H and O–H groups in total. The van der Waals surface area contributed by atoms with Gasteiger partial charge in [0.25, 0.3) is 5.91 Å². The van der Waals surface area contributed by atoms with Crippen LogP contribution in [-0.4, -0.2) is 64.0 Å². The zero-order valence-electron chi connectivity index (χ0n) is 18.1. The van der Waals surface area contributed by atoms with Gasteiger partial charge >= 0.3 is 0 Å². The first kappa shape index (κ1) is 20.6. The van der Waals surface area contributed by atoms with Crippen LogP contribution >= 0.6 is 0 Å². The molecular weight excluding hydrogens is 400 g/mol. The highest BCUT2D eigenvalue weighted by Gasteiger charge is 2.29. The van der Waals surface area contributed by atoms with E-state index in [0.29, 0.717) is 12.1 Å². The smallest absolute Gasteiger partial charge is 0.253 e. The van der Waals surface area contributed by atoms with E-state index >= 15 is 0 Å². The van der Waals surface area contributed by atoms with Gasteiger partial charge in [-0.15, -0.1) is 0 Å². The number of aromatic nitrogens is 3. The van der Waals surface area contributed by atoms with Gasteiger partial charge in [-0.1, -0.05) is 30.3 Å². The van der Waals surface area contributed by atoms with E-state index < -0.39 is 0 Å². The van der Waals surface area contributed by atoms with Gasteiger partial charge in [0.2, 0.25) is 5.95 Å². The minimum atomic E-state index is 0.105. The molecule has 3 aromatic rings. The van der Waals surface area contributed by atoms with Crippen LogP contribution in [0.15, 0.2) is 67.1 Å². The third-order valence-electron chi connectivity index (χ3n) is 6.36. The lowest BCUT2D eigenvalue weighted by Crippen LogP contribution is -2.48. The summed E-state index contributed by atoms with van der Waals surface area (Å²) in [5, 5.41) is 3.82. The molecule has 0 aliphatic carbocycles. The first-order chi connectivity index (χ1) is 15.8. The molecule has 2 aromatic heterocycles. The lowest BCUT2D eigenvalue weighted by molar-refractivity contribution is 0.0702. The Bertz CT molecular complexity index is 1040. The second-order valence-electron chi connectivity index (χ2n) is 8.51. The fraction of sp³-hybridized carbons (Fsp3) is 0.360. The number of carbonyl (C=O) groups is 1. The van der Waals surface area contributed by atoms with Gasteiger partial charge in [-0.05, 0) is 37.5 Å². The predicted octanol–water partition coefficient (Wildman–Crippen LogP) is 3.01. The second-order valence-corrected chi connectivity index (χ2v) is 8.51. The Morgan fingerprint density at radius 2 is 1.62 bits per heavy atom. The van der Waals surface area contributed by atoms with E-state index in [9.17, 15) is 4.79 Å². The maximum absolute atomic E-state index is 12.6. The Hall–Kier alpha value is -3.32. The molecule has 0 bridgehead atoms. The van der Waals surface area contributed by atoms with Gasteiger partial charge in [0, 0.05) is 68.0 Å². The van der Waals surface area contributed by atoms with Crippen LogP contribution in [0.4, 0.5) is 5.95 Å². The van der Waals surface area contributed by atoms with Crippen molar-refractivity contribution in [1.82, 2.24) is 25.2 Å². The zero-order chi connectivity index (χ0) is 21.8. The Morgan fingerprint density at radius 3 is 2.41 bits per heavy atom. The van der Waals surface area contributed by atoms with Crippen LogP contribution in [0.3, 0.4) is 0 Å². The van der Waals surface area contributed by atoms with Crippen LogP contribution in [0.5, 0.6) is 0 Å². The fourth-order valence-corrected chi connectivity index (χ4v) is 4.61. The number of piperidine rings is 1. The summed E-state index contributed by atoms with van der Waals surface area (Å²) in [7, 11) is 0. The summed E-state index contributed by atoms with van der Waals surface area (Å²) in [5.41, 5.74) is 2.78. The summed E-state index contributed by atoms with van der Waals surface area (Å²) >= 11 is 0. The molecule has 5 rings (SSSR count). The maximum atomic E-state index is 12.6. The lowest BCUT2D eigenvalue weighted by atomic mass is 10.0. The van der Waals surface area contributed by atoms with Crippen molar-refractivity contribution in [2.24, 2.45) is 0 Å². The Kier molecular flexibility index (Phi) is 6.07. The van der Waals surface area contributed by atoms with E-state index in [-0.39, 0.29) is 5.91 Å². The summed E-state index contributed by atoms with van der Waals surface area (Å²) in [5.74, 6) is 0.904. The molecule has 0 spiro atoms. The first-order valence-corrected chi connectivity index (χ1v) is 11.3. The largest absolute Gasteiger partial charge is 0.339 e. The van der Waals surface area contributed by atoms with Gasteiger partial charge in [0.15, 0.2) is 0 Å². The minimum Gasteiger partial charge on any atom is -0.339 e. The number of hydrogen-bond donors (Lipinski definition) is 1. The average molecular weight is 429 g/mol. The highest BCUT2D eigenvalue weighted by molar-refractivity contribution is 5.94. The molecule has 2 aliphatic rings. The van der Waals surface area contributed by atoms with Gasteiger partial charge in [-0.3, -0.25) is 9.78 Å². The van der Waals surface area contributed by atoms with Crippen LogP contribution in [0, 0.1) is 0 Å². The number of pyridine rings is 1. The fourth-order valence-electron chi connectivity index (χ4n) is 4.61. The number of carbonyl (C=O) groups excluding carboxylic acids is 1. The third kappa shape index (κ3) is 4.62. The molecule has 164 valence electrons. The second kappa shape index (κ2) is 9.44. The molecule has 4 heterocycles. The van der Waals surface area contributed by atoms with Crippen LogP contribution in [-0.2, 0) is 0 Å². The summed E-state index contributed by atoms with van der Waals surface area (Å²) in [6, 6.07) is 16.6. The molecule has 0 radical (unpaired) electrons. The van der Waals surface area contributed by atoms with Crippen LogP contribution < -0.4 is 10.2 Å². The van der Waals surface area contributed by atoms with Crippen LogP contribution in [0.25, 0.3) is 11.3 Å². The molecular formula is C25H28N6O. The quantitative estimate of drug-likeness (QED) is 0.673. The number of rotatable bonds is 5. The topological polar surface area (TPSA) is 74.2 Å². The lowest BCUT2D eigenvalue weighted by Gasteiger charge is -2.34. The molecule has 2 aliphatic heterocycles. The van der Waals surface area contributed by atoms with Crippen molar-refractivity contribution >= 4 is 11.9 Å². The van der Waals surface area contributed by atoms with Crippen molar-refractivity contribution in [3.8, 4) is 11.3 Å². The van der Waals surface area contributed by atoms with Gasteiger partial charge < -0.3 is 15.1 Å². The van der Waals surface area contributed by atoms with Crippen LogP contribution in [0.2, 0.25) is 0 Å². The molecule has 1 amide bonds. The minimum absolute atomic E-state index is 0.105. The number of amides is 1. The number of nitrogens with one attached hydrogen (secondary N) is 1. The van der Waals surface area contributed by atoms with E-state index in [1.54, 1.807) is 24.5 Å². The molecule has 2 fully saturated rings. The molecule has 2 saturated heterocycles. The third-order valence-corrected chi connectivity index (χ3v) is 6.36. The molecule has 1 unspecified atom stereocenters. The summed E-state index contributed by atoms with van der Waals surface area (Å²) in [6.45, 7) is 3.44. The molecule has 1 atom stereocenters. The Balaban J connectivity index is 1.14. The van der Waals surface area contributed by atoms with Crippen LogP contribution in [0.1, 0.15) is 29.6 Å². The van der Waals surface area contributed by atoms with Gasteiger partial charge in [-0.25, -0.2) is 9.97 Å². The van der Waals surface area contributed by atoms with Crippen molar-refractivity contribution < 1.29 is 4.79 Å².